The third-order valence-electron chi connectivity index (χ3n) is 1.90. The van der Waals surface area contributed by atoms with E-state index < -0.39 is 6.04 Å². The number of likely N-dealkylation sites (N-methyl/N-ethyl adjacent to an activating group) is 1. The van der Waals surface area contributed by atoms with Crippen molar-refractivity contribution in [2.75, 3.05) is 26.4 Å². The zero-order chi connectivity index (χ0) is 12.7. The maximum atomic E-state index is 11.7. The molecule has 5 nitrogen and oxygen atoms in total. The van der Waals surface area contributed by atoms with Crippen molar-refractivity contribution in [1.82, 2.24) is 15.5 Å². The first-order chi connectivity index (χ1) is 7.36. The molecule has 0 aromatic heterocycles. The molecule has 0 fully saturated rings. The standard InChI is InChI=1S/C10H21N3O2S/c1-7(5-13(3)4)11-10(15)9(6-16)12-8(2)14/h7,9,16H,5-6H2,1-4H3,(H,11,15)(H,12,14). The van der Waals surface area contributed by atoms with Crippen LogP contribution in [0.5, 0.6) is 0 Å². The van der Waals surface area contributed by atoms with Crippen molar-refractivity contribution in [2.24, 2.45) is 0 Å². The number of hydrogen-bond acceptors (Lipinski definition) is 4. The molecule has 0 aliphatic rings. The Balaban J connectivity index is 4.15. The Morgan fingerprint density at radius 2 is 1.88 bits per heavy atom. The van der Waals surface area contributed by atoms with Gasteiger partial charge in [-0.05, 0) is 21.0 Å². The largest absolute Gasteiger partial charge is 0.351 e. The lowest BCUT2D eigenvalue weighted by atomic mass is 10.2. The number of carbonyl (C=O) groups is 2. The fourth-order valence-electron chi connectivity index (χ4n) is 1.38. The van der Waals surface area contributed by atoms with Crippen molar-refractivity contribution in [2.45, 2.75) is 25.9 Å². The summed E-state index contributed by atoms with van der Waals surface area (Å²) in [5.74, 6) is -0.130. The molecule has 16 heavy (non-hydrogen) atoms. The Morgan fingerprint density at radius 1 is 1.31 bits per heavy atom. The Bertz CT molecular complexity index is 246. The summed E-state index contributed by atoms with van der Waals surface area (Å²) < 4.78 is 0. The zero-order valence-electron chi connectivity index (χ0n) is 10.3. The minimum Gasteiger partial charge on any atom is -0.351 e. The lowest BCUT2D eigenvalue weighted by molar-refractivity contribution is -0.127. The van der Waals surface area contributed by atoms with Gasteiger partial charge >= 0.3 is 0 Å². The third kappa shape index (κ3) is 6.68. The first-order valence-electron chi connectivity index (χ1n) is 5.20. The molecule has 0 aromatic carbocycles. The predicted molar refractivity (Wildman–Crippen MR) is 67.6 cm³/mol. The molecule has 0 aliphatic heterocycles. The van der Waals surface area contributed by atoms with Gasteiger partial charge in [-0.3, -0.25) is 9.59 Å². The van der Waals surface area contributed by atoms with Crippen LogP contribution in [0.25, 0.3) is 0 Å². The molecule has 2 N–H and O–H groups in total. The molecule has 0 bridgehead atoms. The van der Waals surface area contributed by atoms with Gasteiger partial charge in [0, 0.05) is 25.3 Å². The van der Waals surface area contributed by atoms with E-state index in [2.05, 4.69) is 23.3 Å². The van der Waals surface area contributed by atoms with Gasteiger partial charge in [0.1, 0.15) is 6.04 Å². The van der Waals surface area contributed by atoms with E-state index in [1.165, 1.54) is 6.92 Å². The zero-order valence-corrected chi connectivity index (χ0v) is 11.2. The minimum atomic E-state index is -0.564. The van der Waals surface area contributed by atoms with E-state index in [9.17, 15) is 9.59 Å². The SMILES string of the molecule is CC(=O)NC(CS)C(=O)NC(C)CN(C)C. The minimum absolute atomic E-state index is 0.0404. The summed E-state index contributed by atoms with van der Waals surface area (Å²) in [5.41, 5.74) is 0. The number of rotatable bonds is 6. The molecule has 0 rings (SSSR count). The maximum absolute atomic E-state index is 11.7. The van der Waals surface area contributed by atoms with Gasteiger partial charge in [-0.25, -0.2) is 0 Å². The van der Waals surface area contributed by atoms with Crippen molar-refractivity contribution in [3.05, 3.63) is 0 Å². The van der Waals surface area contributed by atoms with Crippen molar-refractivity contribution in [3.8, 4) is 0 Å². The van der Waals surface area contributed by atoms with Gasteiger partial charge in [0.2, 0.25) is 11.8 Å². The van der Waals surface area contributed by atoms with Crippen LogP contribution in [-0.4, -0.2) is 55.2 Å². The molecular formula is C10H21N3O2S. The maximum Gasteiger partial charge on any atom is 0.243 e. The summed E-state index contributed by atoms with van der Waals surface area (Å²) in [7, 11) is 3.87. The van der Waals surface area contributed by atoms with Gasteiger partial charge in [-0.15, -0.1) is 0 Å². The van der Waals surface area contributed by atoms with Crippen molar-refractivity contribution in [1.29, 1.82) is 0 Å². The Hall–Kier alpha value is -0.750. The van der Waals surface area contributed by atoms with Crippen LogP contribution in [0.4, 0.5) is 0 Å². The quantitative estimate of drug-likeness (QED) is 0.554. The van der Waals surface area contributed by atoms with Gasteiger partial charge in [-0.1, -0.05) is 0 Å². The van der Waals surface area contributed by atoms with Crippen molar-refractivity contribution < 1.29 is 9.59 Å². The lowest BCUT2D eigenvalue weighted by Crippen LogP contribution is -2.51. The first kappa shape index (κ1) is 15.2. The number of nitrogens with one attached hydrogen (secondary N) is 2. The van der Waals surface area contributed by atoms with Crippen LogP contribution in [0.1, 0.15) is 13.8 Å². The molecule has 2 unspecified atom stereocenters. The van der Waals surface area contributed by atoms with Gasteiger partial charge in [-0.2, -0.15) is 12.6 Å². The number of thiol groups is 1. The van der Waals surface area contributed by atoms with E-state index in [1.807, 2.05) is 25.9 Å². The summed E-state index contributed by atoms with van der Waals surface area (Å²) in [6.07, 6.45) is 0. The Morgan fingerprint density at radius 3 is 2.25 bits per heavy atom. The molecule has 0 saturated carbocycles. The normalized spacial score (nSPS) is 14.4. The highest BCUT2D eigenvalue weighted by Crippen LogP contribution is 1.92. The summed E-state index contributed by atoms with van der Waals surface area (Å²) in [4.78, 5) is 24.5. The molecule has 94 valence electrons. The molecule has 0 aliphatic carbocycles. The van der Waals surface area contributed by atoms with Crippen molar-refractivity contribution >= 4 is 24.4 Å². The molecule has 0 heterocycles. The van der Waals surface area contributed by atoms with Crippen LogP contribution in [0, 0.1) is 0 Å². The second-order valence-corrected chi connectivity index (χ2v) is 4.47. The van der Waals surface area contributed by atoms with Crippen LogP contribution in [0.3, 0.4) is 0 Å². The molecular weight excluding hydrogens is 226 g/mol. The fourth-order valence-corrected chi connectivity index (χ4v) is 1.63. The van der Waals surface area contributed by atoms with E-state index in [-0.39, 0.29) is 17.9 Å². The van der Waals surface area contributed by atoms with Crippen LogP contribution < -0.4 is 10.6 Å². The topological polar surface area (TPSA) is 61.4 Å². The molecule has 2 amide bonds. The molecule has 0 aromatic rings. The molecule has 6 heteroatoms. The first-order valence-corrected chi connectivity index (χ1v) is 5.83. The second kappa shape index (κ2) is 7.51. The molecule has 0 spiro atoms. The summed E-state index contributed by atoms with van der Waals surface area (Å²) in [5, 5.41) is 5.37. The Labute approximate surface area is 102 Å². The lowest BCUT2D eigenvalue weighted by Gasteiger charge is -2.21. The molecule has 2 atom stereocenters. The van der Waals surface area contributed by atoms with E-state index >= 15 is 0 Å². The second-order valence-electron chi connectivity index (χ2n) is 4.11. The average Bonchev–Trinajstić information content (AvgIpc) is 2.11. The average molecular weight is 247 g/mol. The summed E-state index contributed by atoms with van der Waals surface area (Å²) >= 11 is 4.04. The smallest absolute Gasteiger partial charge is 0.243 e. The van der Waals surface area contributed by atoms with Crippen LogP contribution in [0.15, 0.2) is 0 Å². The van der Waals surface area contributed by atoms with E-state index in [1.54, 1.807) is 0 Å². The van der Waals surface area contributed by atoms with E-state index in [0.717, 1.165) is 6.54 Å². The van der Waals surface area contributed by atoms with Gasteiger partial charge in [0.05, 0.1) is 0 Å². The third-order valence-corrected chi connectivity index (χ3v) is 2.27. The highest BCUT2D eigenvalue weighted by atomic mass is 32.1. The van der Waals surface area contributed by atoms with Crippen LogP contribution in [-0.2, 0) is 9.59 Å². The van der Waals surface area contributed by atoms with Gasteiger partial charge < -0.3 is 15.5 Å². The van der Waals surface area contributed by atoms with E-state index in [0.29, 0.717) is 5.75 Å². The summed E-state index contributed by atoms with van der Waals surface area (Å²) in [6.45, 7) is 4.05. The fraction of sp³-hybridized carbons (Fsp3) is 0.800. The highest BCUT2D eigenvalue weighted by molar-refractivity contribution is 7.80. The number of carbonyl (C=O) groups excluding carboxylic acids is 2. The van der Waals surface area contributed by atoms with Crippen LogP contribution in [0.2, 0.25) is 0 Å². The molecule has 0 radical (unpaired) electrons. The number of hydrogen-bond donors (Lipinski definition) is 3. The van der Waals surface area contributed by atoms with Crippen molar-refractivity contribution in [3.63, 3.8) is 0 Å². The monoisotopic (exact) mass is 247 g/mol. The number of nitrogens with zero attached hydrogens (tertiary/aromatic N) is 1. The predicted octanol–water partition coefficient (Wildman–Crippen LogP) is -0.513. The highest BCUT2D eigenvalue weighted by Gasteiger charge is 2.19. The van der Waals surface area contributed by atoms with Gasteiger partial charge in [0.15, 0.2) is 0 Å². The summed E-state index contributed by atoms with van der Waals surface area (Å²) in [6, 6.07) is -0.524. The molecule has 0 saturated heterocycles. The Kier molecular flexibility index (Phi) is 7.16. The van der Waals surface area contributed by atoms with E-state index in [4.69, 9.17) is 0 Å². The van der Waals surface area contributed by atoms with Crippen LogP contribution >= 0.6 is 12.6 Å². The number of amides is 2. The van der Waals surface area contributed by atoms with Gasteiger partial charge in [0.25, 0.3) is 0 Å².